The Morgan fingerprint density at radius 3 is 2.54 bits per heavy atom. The molecule has 1 unspecified atom stereocenters. The zero-order valence-corrected chi connectivity index (χ0v) is 17.1. The lowest BCUT2D eigenvalue weighted by Gasteiger charge is -2.30. The third-order valence-corrected chi connectivity index (χ3v) is 5.60. The van der Waals surface area contributed by atoms with Crippen molar-refractivity contribution in [2.24, 2.45) is 4.99 Å². The van der Waals surface area contributed by atoms with Crippen LogP contribution in [0.1, 0.15) is 13.3 Å². The molecule has 0 saturated carbocycles. The van der Waals surface area contributed by atoms with E-state index in [-0.39, 0.29) is 18.2 Å². The number of hydrogen-bond donors (Lipinski definition) is 1. The highest BCUT2D eigenvalue weighted by Crippen LogP contribution is 2.30. The number of aliphatic imine (C=N–C) groups is 1. The molecule has 1 aliphatic heterocycles. The molecule has 1 saturated heterocycles. The molecule has 28 heavy (non-hydrogen) atoms. The SMILES string of the molecule is CCN1C(=O)CC(C(=O)Nc2ccc(OC)cc2)SC1=Nc1ccc(Cl)cc1. The molecule has 0 bridgehead atoms. The van der Waals surface area contributed by atoms with Crippen molar-refractivity contribution in [1.29, 1.82) is 0 Å². The Kier molecular flexibility index (Phi) is 6.59. The van der Waals surface area contributed by atoms with E-state index in [1.807, 2.05) is 6.92 Å². The Hall–Kier alpha value is -2.51. The molecule has 146 valence electrons. The van der Waals surface area contributed by atoms with Crippen LogP contribution in [0.2, 0.25) is 5.02 Å². The van der Waals surface area contributed by atoms with Crippen molar-refractivity contribution in [3.63, 3.8) is 0 Å². The molecule has 0 aromatic heterocycles. The molecule has 3 rings (SSSR count). The molecule has 1 atom stereocenters. The second kappa shape index (κ2) is 9.12. The van der Waals surface area contributed by atoms with E-state index in [1.54, 1.807) is 60.5 Å². The predicted molar refractivity (Wildman–Crippen MR) is 114 cm³/mol. The van der Waals surface area contributed by atoms with Crippen LogP contribution in [0.5, 0.6) is 5.75 Å². The van der Waals surface area contributed by atoms with Crippen molar-refractivity contribution in [2.75, 3.05) is 19.0 Å². The van der Waals surface area contributed by atoms with Crippen LogP contribution in [0.25, 0.3) is 0 Å². The number of carbonyl (C=O) groups excluding carboxylic acids is 2. The van der Waals surface area contributed by atoms with Gasteiger partial charge in [0.25, 0.3) is 0 Å². The van der Waals surface area contributed by atoms with Gasteiger partial charge in [-0.2, -0.15) is 0 Å². The third-order valence-electron chi connectivity index (χ3n) is 4.16. The smallest absolute Gasteiger partial charge is 0.238 e. The molecule has 0 spiro atoms. The summed E-state index contributed by atoms with van der Waals surface area (Å²) in [5.41, 5.74) is 1.32. The topological polar surface area (TPSA) is 71.0 Å². The van der Waals surface area contributed by atoms with E-state index in [4.69, 9.17) is 16.3 Å². The minimum absolute atomic E-state index is 0.121. The van der Waals surface area contributed by atoms with Crippen molar-refractivity contribution in [1.82, 2.24) is 4.90 Å². The maximum atomic E-state index is 12.7. The number of nitrogens with zero attached hydrogens (tertiary/aromatic N) is 2. The quantitative estimate of drug-likeness (QED) is 0.786. The van der Waals surface area contributed by atoms with Gasteiger partial charge in [0.05, 0.1) is 12.8 Å². The number of rotatable bonds is 5. The predicted octanol–water partition coefficient (Wildman–Crippen LogP) is 4.33. The number of halogens is 1. The molecule has 1 N–H and O–H groups in total. The van der Waals surface area contributed by atoms with Gasteiger partial charge < -0.3 is 10.1 Å². The van der Waals surface area contributed by atoms with Crippen LogP contribution < -0.4 is 10.1 Å². The monoisotopic (exact) mass is 417 g/mol. The molecular weight excluding hydrogens is 398 g/mol. The van der Waals surface area contributed by atoms with Crippen molar-refractivity contribution < 1.29 is 14.3 Å². The van der Waals surface area contributed by atoms with Crippen LogP contribution >= 0.6 is 23.4 Å². The number of benzene rings is 2. The first-order chi connectivity index (χ1) is 13.5. The number of amides is 2. The summed E-state index contributed by atoms with van der Waals surface area (Å²) in [5, 5.41) is 3.42. The van der Waals surface area contributed by atoms with Gasteiger partial charge in [0.15, 0.2) is 5.17 Å². The summed E-state index contributed by atoms with van der Waals surface area (Å²) in [6.07, 6.45) is 0.125. The first-order valence-corrected chi connectivity index (χ1v) is 10.0. The van der Waals surface area contributed by atoms with E-state index in [1.165, 1.54) is 11.8 Å². The minimum atomic E-state index is -0.552. The Balaban J connectivity index is 1.77. The molecule has 2 aromatic carbocycles. The van der Waals surface area contributed by atoms with Gasteiger partial charge in [-0.3, -0.25) is 14.5 Å². The fraction of sp³-hybridized carbons (Fsp3) is 0.250. The van der Waals surface area contributed by atoms with Gasteiger partial charge in [0.2, 0.25) is 11.8 Å². The van der Waals surface area contributed by atoms with Gasteiger partial charge in [-0.1, -0.05) is 23.4 Å². The lowest BCUT2D eigenvalue weighted by atomic mass is 10.2. The number of thioether (sulfide) groups is 1. The highest BCUT2D eigenvalue weighted by Gasteiger charge is 2.35. The van der Waals surface area contributed by atoms with Crippen LogP contribution in [0.4, 0.5) is 11.4 Å². The van der Waals surface area contributed by atoms with Crippen molar-refractivity contribution in [3.05, 3.63) is 53.6 Å². The zero-order chi connectivity index (χ0) is 20.1. The van der Waals surface area contributed by atoms with Crippen LogP contribution in [-0.2, 0) is 9.59 Å². The number of amidine groups is 1. The van der Waals surface area contributed by atoms with Crippen LogP contribution in [0.3, 0.4) is 0 Å². The van der Waals surface area contributed by atoms with Crippen LogP contribution in [0.15, 0.2) is 53.5 Å². The average molecular weight is 418 g/mol. The molecule has 1 heterocycles. The fourth-order valence-electron chi connectivity index (χ4n) is 2.68. The van der Waals surface area contributed by atoms with E-state index in [9.17, 15) is 9.59 Å². The molecule has 6 nitrogen and oxygen atoms in total. The molecule has 2 aromatic rings. The fourth-order valence-corrected chi connectivity index (χ4v) is 3.96. The van der Waals surface area contributed by atoms with Crippen molar-refractivity contribution >= 4 is 51.7 Å². The van der Waals surface area contributed by atoms with Crippen LogP contribution in [-0.4, -0.2) is 40.8 Å². The zero-order valence-electron chi connectivity index (χ0n) is 15.5. The first-order valence-electron chi connectivity index (χ1n) is 8.76. The van der Waals surface area contributed by atoms with Gasteiger partial charge in [-0.25, -0.2) is 4.99 Å². The number of nitrogens with one attached hydrogen (secondary N) is 1. The number of hydrogen-bond acceptors (Lipinski definition) is 5. The largest absolute Gasteiger partial charge is 0.497 e. The first kappa shape index (κ1) is 20.2. The molecule has 1 aliphatic rings. The van der Waals surface area contributed by atoms with Gasteiger partial charge in [0, 0.05) is 23.7 Å². The molecule has 0 aliphatic carbocycles. The summed E-state index contributed by atoms with van der Waals surface area (Å²) in [5.74, 6) is 0.350. The number of methoxy groups -OCH3 is 1. The highest BCUT2D eigenvalue weighted by atomic mass is 35.5. The summed E-state index contributed by atoms with van der Waals surface area (Å²) in [7, 11) is 1.58. The molecule has 1 fully saturated rings. The van der Waals surface area contributed by atoms with E-state index in [0.29, 0.717) is 33.9 Å². The lowest BCUT2D eigenvalue weighted by molar-refractivity contribution is -0.129. The summed E-state index contributed by atoms with van der Waals surface area (Å²) < 4.78 is 5.12. The van der Waals surface area contributed by atoms with Gasteiger partial charge >= 0.3 is 0 Å². The maximum Gasteiger partial charge on any atom is 0.238 e. The number of anilines is 1. The van der Waals surface area contributed by atoms with E-state index in [0.717, 1.165) is 0 Å². The Labute approximate surface area is 172 Å². The highest BCUT2D eigenvalue weighted by molar-refractivity contribution is 8.15. The molecule has 0 radical (unpaired) electrons. The Morgan fingerprint density at radius 1 is 1.25 bits per heavy atom. The maximum absolute atomic E-state index is 12.7. The number of carbonyl (C=O) groups is 2. The summed E-state index contributed by atoms with van der Waals surface area (Å²) in [4.78, 5) is 31.4. The van der Waals surface area contributed by atoms with Gasteiger partial charge in [-0.15, -0.1) is 0 Å². The summed E-state index contributed by atoms with van der Waals surface area (Å²) in [6.45, 7) is 2.37. The van der Waals surface area contributed by atoms with Gasteiger partial charge in [0.1, 0.15) is 11.0 Å². The molecular formula is C20H20ClN3O3S. The van der Waals surface area contributed by atoms with E-state index < -0.39 is 5.25 Å². The number of ether oxygens (including phenoxy) is 1. The van der Waals surface area contributed by atoms with E-state index >= 15 is 0 Å². The normalized spacial score (nSPS) is 18.2. The van der Waals surface area contributed by atoms with Crippen LogP contribution in [0, 0.1) is 0 Å². The van der Waals surface area contributed by atoms with Crippen molar-refractivity contribution in [3.8, 4) is 5.75 Å². The Morgan fingerprint density at radius 2 is 1.93 bits per heavy atom. The third kappa shape index (κ3) is 4.85. The minimum Gasteiger partial charge on any atom is -0.497 e. The summed E-state index contributed by atoms with van der Waals surface area (Å²) >= 11 is 7.20. The standard InChI is InChI=1S/C20H20ClN3O3S/c1-3-24-18(25)12-17(19(26)22-14-8-10-16(27-2)11-9-14)28-20(24)23-15-6-4-13(21)5-7-15/h4-11,17H,3,12H2,1-2H3,(H,22,26). The average Bonchev–Trinajstić information content (AvgIpc) is 2.70. The van der Waals surface area contributed by atoms with E-state index in [2.05, 4.69) is 10.3 Å². The lowest BCUT2D eigenvalue weighted by Crippen LogP contribution is -2.45. The second-order valence-electron chi connectivity index (χ2n) is 6.04. The molecule has 2 amide bonds. The van der Waals surface area contributed by atoms with Crippen molar-refractivity contribution in [2.45, 2.75) is 18.6 Å². The second-order valence-corrected chi connectivity index (χ2v) is 7.64. The molecule has 8 heteroatoms. The summed E-state index contributed by atoms with van der Waals surface area (Å²) in [6, 6.07) is 14.1. The van der Waals surface area contributed by atoms with Gasteiger partial charge in [-0.05, 0) is 55.5 Å². The Bertz CT molecular complexity index is 885.